The quantitative estimate of drug-likeness (QED) is 0.726. The highest BCUT2D eigenvalue weighted by Crippen LogP contribution is 2.21. The van der Waals surface area contributed by atoms with Crippen molar-refractivity contribution in [1.82, 2.24) is 5.32 Å². The molecule has 4 N–H and O–H groups in total. The van der Waals surface area contributed by atoms with Gasteiger partial charge in [-0.15, -0.1) is 0 Å². The summed E-state index contributed by atoms with van der Waals surface area (Å²) >= 11 is 0. The van der Waals surface area contributed by atoms with Crippen molar-refractivity contribution in [2.45, 2.75) is 6.92 Å². The lowest BCUT2D eigenvalue weighted by molar-refractivity contribution is -0.121. The van der Waals surface area contributed by atoms with Crippen LogP contribution in [0.15, 0.2) is 12.1 Å². The average molecular weight is 251 g/mol. The molecule has 0 radical (unpaired) electrons. The summed E-state index contributed by atoms with van der Waals surface area (Å²) < 4.78 is 13.6. The Bertz CT molecular complexity index is 512. The van der Waals surface area contributed by atoms with E-state index >= 15 is 0 Å². The zero-order valence-corrected chi connectivity index (χ0v) is 9.92. The molecule has 0 aliphatic carbocycles. The number of hydrogen-bond acceptors (Lipinski definition) is 3. The topological polar surface area (TPSA) is 84.2 Å². The van der Waals surface area contributed by atoms with Crippen LogP contribution in [0, 0.1) is 18.7 Å². The Morgan fingerprint density at radius 3 is 2.61 bits per heavy atom. The van der Waals surface area contributed by atoms with Gasteiger partial charge in [0, 0.05) is 29.9 Å². The number of nitrogens with two attached hydrogens (primary N) is 1. The molecule has 5 nitrogen and oxygen atoms in total. The van der Waals surface area contributed by atoms with Crippen LogP contribution in [-0.4, -0.2) is 24.9 Å². The number of primary amides is 1. The van der Waals surface area contributed by atoms with Crippen LogP contribution in [0.25, 0.3) is 0 Å². The van der Waals surface area contributed by atoms with Crippen LogP contribution in [-0.2, 0) is 4.79 Å². The lowest BCUT2D eigenvalue weighted by atomic mass is 10.0. The second-order valence-corrected chi connectivity index (χ2v) is 4.34. The van der Waals surface area contributed by atoms with Crippen molar-refractivity contribution in [3.8, 4) is 0 Å². The van der Waals surface area contributed by atoms with Gasteiger partial charge in [0.1, 0.15) is 5.82 Å². The van der Waals surface area contributed by atoms with Gasteiger partial charge in [-0.25, -0.2) is 4.39 Å². The number of nitrogens with one attached hydrogen (secondary N) is 2. The molecule has 1 aromatic rings. The number of carbonyl (C=O) groups is 2. The Morgan fingerprint density at radius 2 is 2.11 bits per heavy atom. The normalized spacial score (nSPS) is 15.0. The Kier molecular flexibility index (Phi) is 3.29. The van der Waals surface area contributed by atoms with Crippen molar-refractivity contribution in [2.75, 3.05) is 18.4 Å². The monoisotopic (exact) mass is 251 g/mol. The molecule has 1 aromatic carbocycles. The summed E-state index contributed by atoms with van der Waals surface area (Å²) in [5.74, 6) is -1.58. The molecule has 0 spiro atoms. The number of carbonyl (C=O) groups excluding carboxylic acids is 2. The Balaban J connectivity index is 2.25. The summed E-state index contributed by atoms with van der Waals surface area (Å²) in [5.41, 5.74) is 5.73. The van der Waals surface area contributed by atoms with Gasteiger partial charge in [0.25, 0.3) is 0 Å². The highest BCUT2D eigenvalue weighted by Gasteiger charge is 2.25. The molecule has 18 heavy (non-hydrogen) atoms. The maximum absolute atomic E-state index is 13.6. The minimum atomic E-state index is -0.727. The van der Waals surface area contributed by atoms with Gasteiger partial charge in [0.2, 0.25) is 11.8 Å². The van der Waals surface area contributed by atoms with Crippen molar-refractivity contribution >= 4 is 17.5 Å². The maximum Gasteiger partial charge on any atom is 0.248 e. The number of hydrogen-bond donors (Lipinski definition) is 3. The van der Waals surface area contributed by atoms with E-state index in [0.29, 0.717) is 24.3 Å². The van der Waals surface area contributed by atoms with Crippen LogP contribution in [0.3, 0.4) is 0 Å². The molecule has 2 rings (SSSR count). The van der Waals surface area contributed by atoms with Crippen LogP contribution in [0.4, 0.5) is 10.1 Å². The summed E-state index contributed by atoms with van der Waals surface area (Å²) in [6, 6.07) is 2.46. The lowest BCUT2D eigenvalue weighted by Crippen LogP contribution is -2.48. The van der Waals surface area contributed by atoms with Gasteiger partial charge in [-0.1, -0.05) is 0 Å². The van der Waals surface area contributed by atoms with E-state index in [1.165, 1.54) is 13.0 Å². The maximum atomic E-state index is 13.6. The summed E-state index contributed by atoms with van der Waals surface area (Å²) in [4.78, 5) is 22.8. The zero-order valence-electron chi connectivity index (χ0n) is 9.92. The third kappa shape index (κ3) is 2.33. The van der Waals surface area contributed by atoms with Crippen LogP contribution >= 0.6 is 0 Å². The number of benzene rings is 1. The fraction of sp³-hybridized carbons (Fsp3) is 0.333. The molecular formula is C12H14FN3O2. The fourth-order valence-electron chi connectivity index (χ4n) is 1.66. The van der Waals surface area contributed by atoms with Crippen LogP contribution in [0.5, 0.6) is 0 Å². The third-order valence-corrected chi connectivity index (χ3v) is 3.04. The summed E-state index contributed by atoms with van der Waals surface area (Å²) in [7, 11) is 0. The number of rotatable bonds is 3. The van der Waals surface area contributed by atoms with Crippen molar-refractivity contribution in [1.29, 1.82) is 0 Å². The van der Waals surface area contributed by atoms with E-state index in [1.54, 1.807) is 0 Å². The van der Waals surface area contributed by atoms with E-state index in [-0.39, 0.29) is 17.4 Å². The van der Waals surface area contributed by atoms with Gasteiger partial charge in [-0.3, -0.25) is 9.59 Å². The van der Waals surface area contributed by atoms with Gasteiger partial charge in [-0.2, -0.15) is 0 Å². The van der Waals surface area contributed by atoms with Crippen molar-refractivity contribution in [2.24, 2.45) is 11.7 Å². The van der Waals surface area contributed by atoms with Crippen molar-refractivity contribution in [3.05, 3.63) is 29.1 Å². The fourth-order valence-corrected chi connectivity index (χ4v) is 1.66. The first-order valence-electron chi connectivity index (χ1n) is 5.60. The molecular weight excluding hydrogens is 237 g/mol. The van der Waals surface area contributed by atoms with Crippen molar-refractivity contribution < 1.29 is 14.0 Å². The van der Waals surface area contributed by atoms with Gasteiger partial charge in [-0.05, 0) is 19.1 Å². The molecule has 2 amide bonds. The minimum absolute atomic E-state index is 0.0418. The smallest absolute Gasteiger partial charge is 0.248 e. The third-order valence-electron chi connectivity index (χ3n) is 3.04. The van der Waals surface area contributed by atoms with E-state index in [2.05, 4.69) is 10.6 Å². The first kappa shape index (κ1) is 12.5. The highest BCUT2D eigenvalue weighted by atomic mass is 19.1. The predicted octanol–water partition coefficient (Wildman–Crippen LogP) is 0.391. The SMILES string of the molecule is Cc1c(F)cc(C(N)=O)cc1NC(=O)C1CNC1. The van der Waals surface area contributed by atoms with E-state index in [1.807, 2.05) is 0 Å². The zero-order chi connectivity index (χ0) is 13.3. The van der Waals surface area contributed by atoms with Crippen LogP contribution in [0.1, 0.15) is 15.9 Å². The standard InChI is InChI=1S/C12H14FN3O2/c1-6-9(13)2-7(11(14)17)3-10(6)16-12(18)8-4-15-5-8/h2-3,8,15H,4-5H2,1H3,(H2,14,17)(H,16,18). The molecule has 0 aromatic heterocycles. The van der Waals surface area contributed by atoms with E-state index < -0.39 is 11.7 Å². The predicted molar refractivity (Wildman–Crippen MR) is 64.6 cm³/mol. The molecule has 1 saturated heterocycles. The first-order chi connectivity index (χ1) is 8.49. The molecule has 6 heteroatoms. The van der Waals surface area contributed by atoms with Gasteiger partial charge < -0.3 is 16.4 Å². The second kappa shape index (κ2) is 4.73. The molecule has 0 saturated carbocycles. The molecule has 0 atom stereocenters. The van der Waals surface area contributed by atoms with Crippen LogP contribution in [0.2, 0.25) is 0 Å². The van der Waals surface area contributed by atoms with E-state index in [4.69, 9.17) is 5.73 Å². The average Bonchev–Trinajstić information content (AvgIpc) is 2.21. The largest absolute Gasteiger partial charge is 0.366 e. The molecule has 1 fully saturated rings. The molecule has 96 valence electrons. The number of halogens is 1. The molecule has 1 aliphatic rings. The summed E-state index contributed by atoms with van der Waals surface area (Å²) in [6.45, 7) is 2.76. The molecule has 0 unspecified atom stereocenters. The van der Waals surface area contributed by atoms with Gasteiger partial charge >= 0.3 is 0 Å². The summed E-state index contributed by atoms with van der Waals surface area (Å²) in [5, 5.41) is 5.60. The summed E-state index contributed by atoms with van der Waals surface area (Å²) in [6.07, 6.45) is 0. The Hall–Kier alpha value is -1.95. The first-order valence-corrected chi connectivity index (χ1v) is 5.60. The van der Waals surface area contributed by atoms with Gasteiger partial charge in [0.15, 0.2) is 0 Å². The number of anilines is 1. The lowest BCUT2D eigenvalue weighted by Gasteiger charge is -2.26. The minimum Gasteiger partial charge on any atom is -0.366 e. The van der Waals surface area contributed by atoms with Crippen LogP contribution < -0.4 is 16.4 Å². The van der Waals surface area contributed by atoms with Gasteiger partial charge in [0.05, 0.1) is 5.92 Å². The molecule has 1 aliphatic heterocycles. The second-order valence-electron chi connectivity index (χ2n) is 4.34. The highest BCUT2D eigenvalue weighted by molar-refractivity contribution is 5.98. The number of amides is 2. The Morgan fingerprint density at radius 1 is 1.44 bits per heavy atom. The Labute approximate surface area is 104 Å². The van der Waals surface area contributed by atoms with E-state index in [0.717, 1.165) is 6.07 Å². The molecule has 1 heterocycles. The van der Waals surface area contributed by atoms with Crippen molar-refractivity contribution in [3.63, 3.8) is 0 Å². The molecule has 0 bridgehead atoms. The van der Waals surface area contributed by atoms with E-state index in [9.17, 15) is 14.0 Å².